The summed E-state index contributed by atoms with van der Waals surface area (Å²) >= 11 is 0. The lowest BCUT2D eigenvalue weighted by Crippen LogP contribution is -2.10. The molecule has 3 heterocycles. The summed E-state index contributed by atoms with van der Waals surface area (Å²) < 4.78 is 4.73. The Kier molecular flexibility index (Phi) is 6.36. The van der Waals surface area contributed by atoms with Crippen LogP contribution in [0.25, 0.3) is 65.9 Å². The van der Waals surface area contributed by atoms with E-state index >= 15 is 0 Å². The van der Waals surface area contributed by atoms with Gasteiger partial charge in [-0.3, -0.25) is 4.98 Å². The van der Waals surface area contributed by atoms with Crippen LogP contribution in [0.15, 0.2) is 176 Å². The standard InChI is InChI=1S/C46H32N4/c1-31-21-23-33(24-22-31)48(34-25-27-35(28-26-34)49-41-16-7-3-12-37(41)38-13-4-8-17-42(38)49)44-19-10-20-45-46(44)39-14-5-9-18-43(39)50(45)36-29-32-11-2-6-15-40(32)47-30-36/h2-30H,1H3. The van der Waals surface area contributed by atoms with E-state index < -0.39 is 0 Å². The molecule has 0 radical (unpaired) electrons. The van der Waals surface area contributed by atoms with Gasteiger partial charge in [-0.15, -0.1) is 0 Å². The van der Waals surface area contributed by atoms with Crippen molar-refractivity contribution in [3.63, 3.8) is 0 Å². The molecule has 0 aliphatic rings. The average Bonchev–Trinajstić information content (AvgIpc) is 3.69. The highest BCUT2D eigenvalue weighted by Gasteiger charge is 2.21. The van der Waals surface area contributed by atoms with Crippen LogP contribution < -0.4 is 4.90 Å². The first kappa shape index (κ1) is 28.4. The summed E-state index contributed by atoms with van der Waals surface area (Å²) in [7, 11) is 0. The molecule has 0 unspecified atom stereocenters. The van der Waals surface area contributed by atoms with Crippen LogP contribution in [0.3, 0.4) is 0 Å². The lowest BCUT2D eigenvalue weighted by molar-refractivity contribution is 1.16. The number of rotatable bonds is 5. The molecule has 0 aliphatic carbocycles. The molecular formula is C46H32N4. The zero-order valence-electron chi connectivity index (χ0n) is 27.5. The van der Waals surface area contributed by atoms with Crippen molar-refractivity contribution in [2.75, 3.05) is 4.90 Å². The number of hydrogen-bond donors (Lipinski definition) is 0. The van der Waals surface area contributed by atoms with E-state index in [9.17, 15) is 0 Å². The van der Waals surface area contributed by atoms with Crippen LogP contribution in [-0.4, -0.2) is 14.1 Å². The summed E-state index contributed by atoms with van der Waals surface area (Å²) in [5.74, 6) is 0. The minimum Gasteiger partial charge on any atom is -0.310 e. The highest BCUT2D eigenvalue weighted by atomic mass is 15.1. The second-order valence-electron chi connectivity index (χ2n) is 13.0. The van der Waals surface area contributed by atoms with Crippen LogP contribution in [0.2, 0.25) is 0 Å². The third kappa shape index (κ3) is 4.35. The Hall–Kier alpha value is -6.65. The van der Waals surface area contributed by atoms with E-state index in [2.05, 4.69) is 185 Å². The smallest absolute Gasteiger partial charge is 0.0703 e. The first-order chi connectivity index (χ1) is 24.7. The molecule has 0 aliphatic heterocycles. The second-order valence-corrected chi connectivity index (χ2v) is 13.0. The molecule has 0 N–H and O–H groups in total. The van der Waals surface area contributed by atoms with Crippen LogP contribution in [0.5, 0.6) is 0 Å². The van der Waals surface area contributed by atoms with E-state index in [1.165, 1.54) is 38.1 Å². The van der Waals surface area contributed by atoms with Crippen LogP contribution >= 0.6 is 0 Å². The van der Waals surface area contributed by atoms with Crippen molar-refractivity contribution < 1.29 is 0 Å². The van der Waals surface area contributed by atoms with E-state index in [1.54, 1.807) is 0 Å². The highest BCUT2D eigenvalue weighted by Crippen LogP contribution is 2.44. The van der Waals surface area contributed by atoms with Gasteiger partial charge in [0.15, 0.2) is 0 Å². The van der Waals surface area contributed by atoms with E-state index in [0.717, 1.165) is 50.4 Å². The summed E-state index contributed by atoms with van der Waals surface area (Å²) in [4.78, 5) is 7.24. The number of aryl methyl sites for hydroxylation is 1. The first-order valence-corrected chi connectivity index (χ1v) is 17.1. The SMILES string of the molecule is Cc1ccc(N(c2ccc(-n3c4ccccc4c4ccccc43)cc2)c2cccc3c2c2ccccc2n3-c2cnc3ccccc3c2)cc1. The fraction of sp³-hybridized carbons (Fsp3) is 0.0217. The van der Waals surface area contributed by atoms with Gasteiger partial charge < -0.3 is 14.0 Å². The maximum atomic E-state index is 4.85. The molecule has 50 heavy (non-hydrogen) atoms. The van der Waals surface area contributed by atoms with Crippen LogP contribution in [0, 0.1) is 6.92 Å². The Labute approximate surface area is 289 Å². The lowest BCUT2D eigenvalue weighted by atomic mass is 10.1. The fourth-order valence-corrected chi connectivity index (χ4v) is 7.72. The number of benzene rings is 7. The average molecular weight is 641 g/mol. The molecule has 4 heteroatoms. The Bertz CT molecular complexity index is 2820. The summed E-state index contributed by atoms with van der Waals surface area (Å²) in [6.07, 6.45) is 1.99. The van der Waals surface area contributed by atoms with Gasteiger partial charge in [0, 0.05) is 44.0 Å². The highest BCUT2D eigenvalue weighted by molar-refractivity contribution is 6.16. The Morgan fingerprint density at radius 3 is 1.70 bits per heavy atom. The van der Waals surface area contributed by atoms with Crippen molar-refractivity contribution in [2.24, 2.45) is 0 Å². The molecule has 3 aromatic heterocycles. The van der Waals surface area contributed by atoms with Crippen molar-refractivity contribution in [2.45, 2.75) is 6.92 Å². The molecule has 4 nitrogen and oxygen atoms in total. The molecule has 236 valence electrons. The topological polar surface area (TPSA) is 26.0 Å². The van der Waals surface area contributed by atoms with E-state index in [0.29, 0.717) is 0 Å². The molecule has 10 rings (SSSR count). The summed E-state index contributed by atoms with van der Waals surface area (Å²) in [6, 6.07) is 61.1. The summed E-state index contributed by atoms with van der Waals surface area (Å²) in [6.45, 7) is 2.14. The normalized spacial score (nSPS) is 11.7. The maximum absolute atomic E-state index is 4.85. The van der Waals surface area contributed by atoms with E-state index in [1.807, 2.05) is 12.3 Å². The molecule has 0 bridgehead atoms. The molecule has 0 atom stereocenters. The van der Waals surface area contributed by atoms with Crippen molar-refractivity contribution in [3.05, 3.63) is 182 Å². The van der Waals surface area contributed by atoms with Gasteiger partial charge in [-0.05, 0) is 85.8 Å². The van der Waals surface area contributed by atoms with Crippen LogP contribution in [0.1, 0.15) is 5.56 Å². The Morgan fingerprint density at radius 2 is 1.00 bits per heavy atom. The minimum atomic E-state index is 0.993. The monoisotopic (exact) mass is 640 g/mol. The molecule has 7 aromatic carbocycles. The summed E-state index contributed by atoms with van der Waals surface area (Å²) in [5, 5.41) is 6.04. The number of para-hydroxylation sites is 4. The van der Waals surface area contributed by atoms with Gasteiger partial charge in [0.2, 0.25) is 0 Å². The minimum absolute atomic E-state index is 0.993. The van der Waals surface area contributed by atoms with Crippen molar-refractivity contribution in [1.82, 2.24) is 14.1 Å². The van der Waals surface area contributed by atoms with Crippen LogP contribution in [-0.2, 0) is 0 Å². The lowest BCUT2D eigenvalue weighted by Gasteiger charge is -2.27. The number of anilines is 3. The molecule has 0 fully saturated rings. The zero-order valence-corrected chi connectivity index (χ0v) is 27.5. The predicted octanol–water partition coefficient (Wildman–Crippen LogP) is 12.2. The zero-order chi connectivity index (χ0) is 33.2. The van der Waals surface area contributed by atoms with Gasteiger partial charge in [0.05, 0.1) is 45.2 Å². The van der Waals surface area contributed by atoms with Crippen molar-refractivity contribution >= 4 is 71.6 Å². The Balaban J connectivity index is 1.19. The Morgan fingerprint density at radius 1 is 0.460 bits per heavy atom. The third-order valence-corrected chi connectivity index (χ3v) is 9.99. The predicted molar refractivity (Wildman–Crippen MR) is 210 cm³/mol. The van der Waals surface area contributed by atoms with Gasteiger partial charge in [-0.1, -0.05) is 96.6 Å². The van der Waals surface area contributed by atoms with Gasteiger partial charge >= 0.3 is 0 Å². The molecule has 10 aromatic rings. The number of hydrogen-bond acceptors (Lipinski definition) is 2. The second kappa shape index (κ2) is 11.2. The van der Waals surface area contributed by atoms with E-state index in [-0.39, 0.29) is 0 Å². The number of nitrogens with zero attached hydrogens (tertiary/aromatic N) is 4. The van der Waals surface area contributed by atoms with Gasteiger partial charge in [-0.2, -0.15) is 0 Å². The summed E-state index contributed by atoms with van der Waals surface area (Å²) in [5.41, 5.74) is 12.4. The third-order valence-electron chi connectivity index (χ3n) is 9.99. The fourth-order valence-electron chi connectivity index (χ4n) is 7.72. The molecule has 0 saturated carbocycles. The quantitative estimate of drug-likeness (QED) is 0.187. The van der Waals surface area contributed by atoms with Crippen molar-refractivity contribution in [1.29, 1.82) is 0 Å². The molecule has 0 saturated heterocycles. The number of aromatic nitrogens is 3. The van der Waals surface area contributed by atoms with Gasteiger partial charge in [0.25, 0.3) is 0 Å². The van der Waals surface area contributed by atoms with Gasteiger partial charge in [-0.25, -0.2) is 0 Å². The van der Waals surface area contributed by atoms with Crippen LogP contribution in [0.4, 0.5) is 17.1 Å². The first-order valence-electron chi connectivity index (χ1n) is 17.1. The number of fused-ring (bicyclic) bond motifs is 7. The molecular weight excluding hydrogens is 609 g/mol. The molecule has 0 spiro atoms. The largest absolute Gasteiger partial charge is 0.310 e. The van der Waals surface area contributed by atoms with Crippen molar-refractivity contribution in [3.8, 4) is 11.4 Å². The number of pyridine rings is 1. The van der Waals surface area contributed by atoms with E-state index in [4.69, 9.17) is 4.98 Å². The van der Waals surface area contributed by atoms with Gasteiger partial charge in [0.1, 0.15) is 0 Å². The maximum Gasteiger partial charge on any atom is 0.0703 e. The molecule has 0 amide bonds.